The lowest BCUT2D eigenvalue weighted by Gasteiger charge is -2.40. The highest BCUT2D eigenvalue weighted by Gasteiger charge is 2.38. The van der Waals surface area contributed by atoms with E-state index in [2.05, 4.69) is 13.2 Å². The molecule has 0 aromatic heterocycles. The van der Waals surface area contributed by atoms with Crippen LogP contribution in [0, 0.1) is 11.8 Å². The third-order valence-corrected chi connectivity index (χ3v) is 6.37. The van der Waals surface area contributed by atoms with E-state index in [-0.39, 0.29) is 23.1 Å². The van der Waals surface area contributed by atoms with Crippen LogP contribution >= 0.6 is 0 Å². The van der Waals surface area contributed by atoms with Crippen molar-refractivity contribution in [2.45, 2.75) is 96.7 Å². The normalized spacial score (nSPS) is 33.8. The number of rotatable bonds is 6. The van der Waals surface area contributed by atoms with E-state index in [0.717, 1.165) is 51.4 Å². The van der Waals surface area contributed by atoms with Crippen molar-refractivity contribution in [1.29, 1.82) is 0 Å². The van der Waals surface area contributed by atoms with Crippen LogP contribution < -0.4 is 0 Å². The highest BCUT2D eigenvalue weighted by molar-refractivity contribution is 5.87. The summed E-state index contributed by atoms with van der Waals surface area (Å²) < 4.78 is 11.3. The number of carbonyl (C=O) groups is 2. The molecule has 2 fully saturated rings. The summed E-state index contributed by atoms with van der Waals surface area (Å²) in [6.45, 7) is 14.8. The van der Waals surface area contributed by atoms with Crippen molar-refractivity contribution in [3.63, 3.8) is 0 Å². The molecule has 2 aliphatic carbocycles. The Kier molecular flexibility index (Phi) is 6.93. The van der Waals surface area contributed by atoms with Gasteiger partial charge in [-0.3, -0.25) is 0 Å². The van der Waals surface area contributed by atoms with Gasteiger partial charge >= 0.3 is 11.9 Å². The van der Waals surface area contributed by atoms with Crippen LogP contribution in [0.15, 0.2) is 24.3 Å². The predicted octanol–water partition coefficient (Wildman–Crippen LogP) is 5.51. The first-order valence-corrected chi connectivity index (χ1v) is 10.3. The quantitative estimate of drug-likeness (QED) is 0.453. The Balaban J connectivity index is 1.76. The summed E-state index contributed by atoms with van der Waals surface area (Å²) in [6, 6.07) is 0. The Bertz CT molecular complexity index is 535. The lowest BCUT2D eigenvalue weighted by Crippen LogP contribution is -2.38. The number of esters is 2. The first-order chi connectivity index (χ1) is 12.5. The van der Waals surface area contributed by atoms with Gasteiger partial charge in [0.1, 0.15) is 11.2 Å². The summed E-state index contributed by atoms with van der Waals surface area (Å²) in [4.78, 5) is 23.7. The van der Waals surface area contributed by atoms with Crippen molar-refractivity contribution in [2.24, 2.45) is 11.8 Å². The van der Waals surface area contributed by atoms with Gasteiger partial charge in [0.2, 0.25) is 0 Å². The Morgan fingerprint density at radius 1 is 0.778 bits per heavy atom. The second kappa shape index (κ2) is 8.62. The minimum Gasteiger partial charge on any atom is -0.456 e. The first kappa shape index (κ1) is 21.7. The maximum atomic E-state index is 11.8. The minimum atomic E-state index is -0.339. The largest absolute Gasteiger partial charge is 0.456 e. The summed E-state index contributed by atoms with van der Waals surface area (Å²) in [5, 5.41) is 0. The number of hydrogen-bond donors (Lipinski definition) is 0. The highest BCUT2D eigenvalue weighted by atomic mass is 16.6. The van der Waals surface area contributed by atoms with Gasteiger partial charge in [-0.05, 0) is 97.3 Å². The molecular weight excluding hydrogens is 340 g/mol. The second-order valence-electron chi connectivity index (χ2n) is 9.36. The van der Waals surface area contributed by atoms with E-state index in [1.165, 1.54) is 6.42 Å². The molecule has 27 heavy (non-hydrogen) atoms. The van der Waals surface area contributed by atoms with E-state index in [0.29, 0.717) is 23.0 Å². The molecule has 0 spiro atoms. The van der Waals surface area contributed by atoms with E-state index in [4.69, 9.17) is 9.47 Å². The maximum absolute atomic E-state index is 11.8. The van der Waals surface area contributed by atoms with Crippen LogP contribution in [0.25, 0.3) is 0 Å². The van der Waals surface area contributed by atoms with Gasteiger partial charge in [-0.15, -0.1) is 0 Å². The number of ether oxygens (including phenoxy) is 2. The number of carbonyl (C=O) groups excluding carboxylic acids is 2. The molecule has 4 nitrogen and oxygen atoms in total. The summed E-state index contributed by atoms with van der Waals surface area (Å²) in [5.74, 6) is 0.863. The number of hydrogen-bond acceptors (Lipinski definition) is 4. The molecular formula is C23H36O4. The third-order valence-electron chi connectivity index (χ3n) is 6.37. The zero-order valence-electron chi connectivity index (χ0n) is 17.6. The molecule has 0 radical (unpaired) electrons. The van der Waals surface area contributed by atoms with Gasteiger partial charge in [0.05, 0.1) is 0 Å². The molecule has 0 saturated heterocycles. The summed E-state index contributed by atoms with van der Waals surface area (Å²) in [6.07, 6.45) is 9.38. The molecule has 152 valence electrons. The third kappa shape index (κ3) is 6.22. The predicted molar refractivity (Wildman–Crippen MR) is 107 cm³/mol. The Labute approximate surface area is 164 Å². The summed E-state index contributed by atoms with van der Waals surface area (Å²) in [5.41, 5.74) is 0.259. The SMILES string of the molecule is C=C(C)C(=O)OC1(C)CCC(CC2CCC(C)(OC(=O)C(=C)C)CC2)CC1. The van der Waals surface area contributed by atoms with E-state index >= 15 is 0 Å². The zero-order chi connectivity index (χ0) is 20.2. The van der Waals surface area contributed by atoms with E-state index in [1.54, 1.807) is 13.8 Å². The smallest absolute Gasteiger partial charge is 0.333 e. The van der Waals surface area contributed by atoms with Gasteiger partial charge in [0.25, 0.3) is 0 Å². The molecule has 0 aromatic carbocycles. The van der Waals surface area contributed by atoms with Crippen LogP contribution in [-0.4, -0.2) is 23.1 Å². The Morgan fingerprint density at radius 3 is 1.33 bits per heavy atom. The Hall–Kier alpha value is -1.58. The molecule has 0 atom stereocenters. The van der Waals surface area contributed by atoms with E-state index in [9.17, 15) is 9.59 Å². The van der Waals surface area contributed by atoms with Crippen LogP contribution in [0.3, 0.4) is 0 Å². The molecule has 4 heteroatoms. The van der Waals surface area contributed by atoms with Crippen molar-refractivity contribution < 1.29 is 19.1 Å². The molecule has 0 aromatic rings. The average Bonchev–Trinajstić information content (AvgIpc) is 2.58. The lowest BCUT2D eigenvalue weighted by atomic mass is 9.71. The summed E-state index contributed by atoms with van der Waals surface area (Å²) in [7, 11) is 0. The molecule has 0 amide bonds. The Morgan fingerprint density at radius 2 is 1.07 bits per heavy atom. The molecule has 0 bridgehead atoms. The molecule has 0 unspecified atom stereocenters. The molecule has 0 N–H and O–H groups in total. The standard InChI is InChI=1S/C23H36O4/c1-16(2)20(24)26-22(5)11-7-18(8-12-22)15-19-9-13-23(6,14-10-19)27-21(25)17(3)4/h18-19H,1,3,7-15H2,2,4-6H3. The maximum Gasteiger partial charge on any atom is 0.333 e. The van der Waals surface area contributed by atoms with Crippen molar-refractivity contribution in [2.75, 3.05) is 0 Å². The van der Waals surface area contributed by atoms with Crippen LogP contribution in [-0.2, 0) is 19.1 Å². The van der Waals surface area contributed by atoms with Crippen molar-refractivity contribution in [1.82, 2.24) is 0 Å². The topological polar surface area (TPSA) is 52.6 Å². The summed E-state index contributed by atoms with van der Waals surface area (Å²) >= 11 is 0. The minimum absolute atomic E-state index is 0.271. The fourth-order valence-corrected chi connectivity index (χ4v) is 4.35. The average molecular weight is 377 g/mol. The highest BCUT2D eigenvalue weighted by Crippen LogP contribution is 2.42. The molecule has 2 saturated carbocycles. The van der Waals surface area contributed by atoms with Gasteiger partial charge in [-0.25, -0.2) is 9.59 Å². The molecule has 0 heterocycles. The van der Waals surface area contributed by atoms with Crippen molar-refractivity contribution >= 4 is 11.9 Å². The van der Waals surface area contributed by atoms with Gasteiger partial charge in [0.15, 0.2) is 0 Å². The van der Waals surface area contributed by atoms with Gasteiger partial charge in [-0.1, -0.05) is 13.2 Å². The van der Waals surface area contributed by atoms with Crippen LogP contribution in [0.1, 0.15) is 85.5 Å². The van der Waals surface area contributed by atoms with Gasteiger partial charge < -0.3 is 9.47 Å². The zero-order valence-corrected chi connectivity index (χ0v) is 17.6. The van der Waals surface area contributed by atoms with Gasteiger partial charge in [-0.2, -0.15) is 0 Å². The first-order valence-electron chi connectivity index (χ1n) is 10.3. The molecule has 2 rings (SSSR count). The fourth-order valence-electron chi connectivity index (χ4n) is 4.35. The molecule has 0 aliphatic heterocycles. The monoisotopic (exact) mass is 376 g/mol. The van der Waals surface area contributed by atoms with Crippen molar-refractivity contribution in [3.05, 3.63) is 24.3 Å². The lowest BCUT2D eigenvalue weighted by molar-refractivity contribution is -0.157. The second-order valence-corrected chi connectivity index (χ2v) is 9.36. The van der Waals surface area contributed by atoms with Crippen LogP contribution in [0.2, 0.25) is 0 Å². The van der Waals surface area contributed by atoms with Crippen molar-refractivity contribution in [3.8, 4) is 0 Å². The van der Waals surface area contributed by atoms with E-state index < -0.39 is 0 Å². The molecule has 2 aliphatic rings. The fraction of sp³-hybridized carbons (Fsp3) is 0.739. The van der Waals surface area contributed by atoms with Gasteiger partial charge in [0, 0.05) is 11.1 Å². The van der Waals surface area contributed by atoms with Crippen LogP contribution in [0.5, 0.6) is 0 Å². The van der Waals surface area contributed by atoms with Crippen LogP contribution in [0.4, 0.5) is 0 Å². The van der Waals surface area contributed by atoms with E-state index in [1.807, 2.05) is 13.8 Å².